The van der Waals surface area contributed by atoms with E-state index >= 15 is 0 Å². The highest BCUT2D eigenvalue weighted by molar-refractivity contribution is 7.13. The van der Waals surface area contributed by atoms with Crippen LogP contribution in [0.25, 0.3) is 10.7 Å². The molecule has 0 radical (unpaired) electrons. The SMILES string of the molecule is O=CC(Oc1ccccc1)N1CCCCC1c1csc(-c2ccc(C(F)(F)F)cn2)n1. The van der Waals surface area contributed by atoms with Crippen LogP contribution in [0.5, 0.6) is 5.75 Å². The number of hydrogen-bond acceptors (Lipinski definition) is 6. The van der Waals surface area contributed by atoms with E-state index in [0.29, 0.717) is 23.0 Å². The van der Waals surface area contributed by atoms with E-state index in [1.165, 1.54) is 17.4 Å². The Kier molecular flexibility index (Phi) is 6.33. The highest BCUT2D eigenvalue weighted by Gasteiger charge is 2.33. The predicted octanol–water partition coefficient (Wildman–Crippen LogP) is 5.35. The predicted molar refractivity (Wildman–Crippen MR) is 111 cm³/mol. The first-order valence-corrected chi connectivity index (χ1v) is 10.8. The molecule has 3 aromatic rings. The number of pyridine rings is 1. The lowest BCUT2D eigenvalue weighted by atomic mass is 9.99. The second kappa shape index (κ2) is 9.15. The number of halogens is 3. The van der Waals surface area contributed by atoms with Crippen molar-refractivity contribution in [3.63, 3.8) is 0 Å². The number of para-hydroxylation sites is 1. The van der Waals surface area contributed by atoms with Crippen molar-refractivity contribution in [2.75, 3.05) is 6.54 Å². The molecule has 9 heteroatoms. The molecule has 1 saturated heterocycles. The minimum Gasteiger partial charge on any atom is -0.468 e. The van der Waals surface area contributed by atoms with Crippen molar-refractivity contribution in [2.45, 2.75) is 37.7 Å². The standard InChI is InChI=1S/C22H20F3N3O2S/c23-22(24,25)15-9-10-17(26-12-15)21-27-18(14-31-21)19-8-4-5-11-28(19)20(13-29)30-16-6-2-1-3-7-16/h1-3,6-7,9-10,12-14,19-20H,4-5,8,11H2. The van der Waals surface area contributed by atoms with Crippen LogP contribution < -0.4 is 4.74 Å². The van der Waals surface area contributed by atoms with Crippen molar-refractivity contribution in [2.24, 2.45) is 0 Å². The van der Waals surface area contributed by atoms with Crippen LogP contribution in [-0.2, 0) is 11.0 Å². The van der Waals surface area contributed by atoms with Gasteiger partial charge in [-0.2, -0.15) is 13.2 Å². The summed E-state index contributed by atoms with van der Waals surface area (Å²) in [4.78, 5) is 22.4. The molecule has 0 amide bonds. The van der Waals surface area contributed by atoms with Crippen LogP contribution in [-0.4, -0.2) is 33.9 Å². The number of benzene rings is 1. The third-order valence-corrected chi connectivity index (χ3v) is 6.04. The molecule has 1 fully saturated rings. The fraction of sp³-hybridized carbons (Fsp3) is 0.318. The topological polar surface area (TPSA) is 55.3 Å². The van der Waals surface area contributed by atoms with Gasteiger partial charge in [0.15, 0.2) is 6.29 Å². The number of piperidine rings is 1. The molecular formula is C22H20F3N3O2S. The molecule has 0 aliphatic carbocycles. The van der Waals surface area contributed by atoms with Crippen LogP contribution in [0, 0.1) is 0 Å². The van der Waals surface area contributed by atoms with Crippen molar-refractivity contribution in [3.8, 4) is 16.5 Å². The molecule has 0 bridgehead atoms. The van der Waals surface area contributed by atoms with Gasteiger partial charge in [-0.1, -0.05) is 24.6 Å². The molecule has 2 atom stereocenters. The van der Waals surface area contributed by atoms with Crippen LogP contribution in [0.2, 0.25) is 0 Å². The van der Waals surface area contributed by atoms with Crippen LogP contribution in [0.1, 0.15) is 36.6 Å². The van der Waals surface area contributed by atoms with Gasteiger partial charge in [0.05, 0.1) is 23.0 Å². The maximum atomic E-state index is 12.8. The van der Waals surface area contributed by atoms with Crippen molar-refractivity contribution < 1.29 is 22.7 Å². The summed E-state index contributed by atoms with van der Waals surface area (Å²) in [6.45, 7) is 0.687. The summed E-state index contributed by atoms with van der Waals surface area (Å²) in [5.41, 5.74) is 0.363. The highest BCUT2D eigenvalue weighted by atomic mass is 32.1. The van der Waals surface area contributed by atoms with E-state index in [4.69, 9.17) is 4.74 Å². The van der Waals surface area contributed by atoms with Gasteiger partial charge in [0.25, 0.3) is 0 Å². The van der Waals surface area contributed by atoms with Gasteiger partial charge in [-0.15, -0.1) is 11.3 Å². The summed E-state index contributed by atoms with van der Waals surface area (Å²) in [6.07, 6.45) is -0.825. The summed E-state index contributed by atoms with van der Waals surface area (Å²) >= 11 is 1.32. The Balaban J connectivity index is 1.55. The number of ether oxygens (including phenoxy) is 1. The van der Waals surface area contributed by atoms with Gasteiger partial charge < -0.3 is 4.74 Å². The van der Waals surface area contributed by atoms with Crippen molar-refractivity contribution >= 4 is 17.6 Å². The Labute approximate surface area is 181 Å². The van der Waals surface area contributed by atoms with Gasteiger partial charge in [0, 0.05) is 18.1 Å². The fourth-order valence-corrected chi connectivity index (χ4v) is 4.47. The highest BCUT2D eigenvalue weighted by Crippen LogP contribution is 2.36. The third-order valence-electron chi connectivity index (χ3n) is 5.16. The average Bonchev–Trinajstić information content (AvgIpc) is 3.28. The Morgan fingerprint density at radius 3 is 2.65 bits per heavy atom. The van der Waals surface area contributed by atoms with Crippen LogP contribution >= 0.6 is 11.3 Å². The number of aldehydes is 1. The molecule has 1 aromatic carbocycles. The molecule has 0 N–H and O–H groups in total. The second-order valence-electron chi connectivity index (χ2n) is 7.21. The first-order valence-electron chi connectivity index (χ1n) is 9.87. The fourth-order valence-electron chi connectivity index (χ4n) is 3.63. The van der Waals surface area contributed by atoms with E-state index < -0.39 is 18.0 Å². The zero-order chi connectivity index (χ0) is 21.8. The Morgan fingerprint density at radius 2 is 1.97 bits per heavy atom. The van der Waals surface area contributed by atoms with E-state index in [9.17, 15) is 18.0 Å². The van der Waals surface area contributed by atoms with Crippen molar-refractivity contribution in [1.82, 2.24) is 14.9 Å². The first kappa shape index (κ1) is 21.5. The molecule has 4 rings (SSSR count). The molecular weight excluding hydrogens is 427 g/mol. The van der Waals surface area contributed by atoms with Crippen molar-refractivity contribution in [3.05, 3.63) is 65.3 Å². The van der Waals surface area contributed by atoms with Gasteiger partial charge in [0.1, 0.15) is 10.8 Å². The maximum absolute atomic E-state index is 12.8. The number of nitrogens with zero attached hydrogens (tertiary/aromatic N) is 3. The molecule has 1 aliphatic rings. The lowest BCUT2D eigenvalue weighted by molar-refractivity contribution is -0.137. The van der Waals surface area contributed by atoms with E-state index in [-0.39, 0.29) is 6.04 Å². The Bertz CT molecular complexity index is 1010. The van der Waals surface area contributed by atoms with Gasteiger partial charge in [0.2, 0.25) is 6.23 Å². The number of rotatable bonds is 6. The number of carbonyl (C=O) groups is 1. The summed E-state index contributed by atoms with van der Waals surface area (Å²) in [5.74, 6) is 0.608. The molecule has 2 unspecified atom stereocenters. The molecule has 3 heterocycles. The van der Waals surface area contributed by atoms with Crippen LogP contribution in [0.15, 0.2) is 54.0 Å². The molecule has 31 heavy (non-hydrogen) atoms. The lowest BCUT2D eigenvalue weighted by Crippen LogP contribution is -2.45. The maximum Gasteiger partial charge on any atom is 0.417 e. The number of hydrogen-bond donors (Lipinski definition) is 0. The molecule has 1 aliphatic heterocycles. The third kappa shape index (κ3) is 4.94. The molecule has 2 aromatic heterocycles. The van der Waals surface area contributed by atoms with Crippen LogP contribution in [0.3, 0.4) is 0 Å². The van der Waals surface area contributed by atoms with E-state index in [1.54, 1.807) is 12.1 Å². The molecule has 0 saturated carbocycles. The monoisotopic (exact) mass is 447 g/mol. The minimum absolute atomic E-state index is 0.118. The summed E-state index contributed by atoms with van der Waals surface area (Å²) in [6, 6.07) is 11.4. The Hall–Kier alpha value is -2.78. The number of likely N-dealkylation sites (tertiary alicyclic amines) is 1. The number of alkyl halides is 3. The van der Waals surface area contributed by atoms with E-state index in [0.717, 1.165) is 43.5 Å². The summed E-state index contributed by atoms with van der Waals surface area (Å²) in [7, 11) is 0. The molecule has 162 valence electrons. The van der Waals surface area contributed by atoms with Gasteiger partial charge in [-0.05, 0) is 37.1 Å². The largest absolute Gasteiger partial charge is 0.468 e. The Morgan fingerprint density at radius 1 is 1.16 bits per heavy atom. The number of carbonyl (C=O) groups excluding carboxylic acids is 1. The summed E-state index contributed by atoms with van der Waals surface area (Å²) < 4.78 is 44.2. The zero-order valence-electron chi connectivity index (χ0n) is 16.5. The van der Waals surface area contributed by atoms with Gasteiger partial charge in [-0.3, -0.25) is 14.7 Å². The van der Waals surface area contributed by atoms with Gasteiger partial charge in [-0.25, -0.2) is 4.98 Å². The van der Waals surface area contributed by atoms with Crippen LogP contribution in [0.4, 0.5) is 13.2 Å². The second-order valence-corrected chi connectivity index (χ2v) is 8.07. The normalized spacial score (nSPS) is 18.5. The van der Waals surface area contributed by atoms with Crippen molar-refractivity contribution in [1.29, 1.82) is 0 Å². The van der Waals surface area contributed by atoms with E-state index in [2.05, 4.69) is 9.97 Å². The number of thiazole rings is 1. The molecule has 0 spiro atoms. The zero-order valence-corrected chi connectivity index (χ0v) is 17.3. The average molecular weight is 447 g/mol. The minimum atomic E-state index is -4.43. The molecule has 5 nitrogen and oxygen atoms in total. The van der Waals surface area contributed by atoms with Gasteiger partial charge >= 0.3 is 6.18 Å². The first-order chi connectivity index (χ1) is 15.0. The summed E-state index contributed by atoms with van der Waals surface area (Å²) in [5, 5.41) is 2.42. The number of aromatic nitrogens is 2. The smallest absolute Gasteiger partial charge is 0.417 e. The van der Waals surface area contributed by atoms with E-state index in [1.807, 2.05) is 28.5 Å². The quantitative estimate of drug-likeness (QED) is 0.477. The lowest BCUT2D eigenvalue weighted by Gasteiger charge is -2.37.